The van der Waals surface area contributed by atoms with Crippen LogP contribution in [0, 0.1) is 24.2 Å². The van der Waals surface area contributed by atoms with E-state index in [1.807, 2.05) is 20.8 Å². The van der Waals surface area contributed by atoms with E-state index >= 15 is 0 Å². The van der Waals surface area contributed by atoms with Crippen LogP contribution in [0.3, 0.4) is 0 Å². The smallest absolute Gasteiger partial charge is 0.243 e. The van der Waals surface area contributed by atoms with Crippen molar-refractivity contribution in [3.05, 3.63) is 30.0 Å². The molecule has 1 aliphatic heterocycles. The van der Waals surface area contributed by atoms with Gasteiger partial charge in [0.25, 0.3) is 0 Å². The summed E-state index contributed by atoms with van der Waals surface area (Å²) in [6.07, 6.45) is 0.509. The first kappa shape index (κ1) is 25.1. The number of nitrogens with one attached hydrogen (secondary N) is 1. The quantitative estimate of drug-likeness (QED) is 0.513. The molecule has 33 heavy (non-hydrogen) atoms. The zero-order valence-electron chi connectivity index (χ0n) is 19.1. The molecule has 1 aromatic carbocycles. The number of benzene rings is 1. The second-order valence-electron chi connectivity index (χ2n) is 8.46. The number of nitrogens with two attached hydrogens (primary N) is 1. The fourth-order valence-corrected chi connectivity index (χ4v) is 6.37. The van der Waals surface area contributed by atoms with Gasteiger partial charge in [0.05, 0.1) is 16.7 Å². The lowest BCUT2D eigenvalue weighted by Gasteiger charge is -2.30. The number of hydrogen-bond donors (Lipinski definition) is 2. The Bertz CT molecular complexity index is 1120. The Morgan fingerprint density at radius 2 is 1.94 bits per heavy atom. The molecule has 11 heteroatoms. The Kier molecular flexibility index (Phi) is 8.07. The fraction of sp³-hybridized carbons (Fsp3) is 0.500. The highest BCUT2D eigenvalue weighted by Crippen LogP contribution is 2.39. The lowest BCUT2D eigenvalue weighted by molar-refractivity contribution is -0.119. The van der Waals surface area contributed by atoms with E-state index in [1.165, 1.54) is 15.8 Å². The highest BCUT2D eigenvalue weighted by Gasteiger charge is 2.30. The number of amides is 1. The van der Waals surface area contributed by atoms with Crippen LogP contribution in [0.5, 0.6) is 0 Å². The van der Waals surface area contributed by atoms with Crippen LogP contribution in [0.25, 0.3) is 11.1 Å². The summed E-state index contributed by atoms with van der Waals surface area (Å²) in [6, 6.07) is 8.19. The first-order chi connectivity index (χ1) is 15.7. The van der Waals surface area contributed by atoms with E-state index in [-0.39, 0.29) is 17.4 Å². The van der Waals surface area contributed by atoms with Gasteiger partial charge in [-0.3, -0.25) is 4.79 Å². The number of anilines is 1. The molecule has 0 radical (unpaired) electrons. The van der Waals surface area contributed by atoms with Gasteiger partial charge in [-0.2, -0.15) is 13.9 Å². The van der Waals surface area contributed by atoms with Gasteiger partial charge < -0.3 is 16.0 Å². The highest BCUT2D eigenvalue weighted by molar-refractivity contribution is 7.89. The van der Waals surface area contributed by atoms with Crippen LogP contribution < -0.4 is 16.0 Å². The molecule has 1 aliphatic rings. The fourth-order valence-electron chi connectivity index (χ4n) is 3.96. The number of sulfonamides is 1. The predicted molar refractivity (Wildman–Crippen MR) is 129 cm³/mol. The van der Waals surface area contributed by atoms with E-state index in [0.717, 1.165) is 16.8 Å². The minimum Gasteiger partial charge on any atom is -0.368 e. The number of nitrogens with zero attached hydrogens (tertiary/aromatic N) is 4. The van der Waals surface area contributed by atoms with E-state index in [1.54, 1.807) is 29.2 Å². The SMILES string of the molecule is Cc1nsc(N(CC#N)[C@@H](CC(C)C)C(N)=O)c1-c1ccc(S(=O)(=O)N2CCNCC2)cc1. The number of hydrogen-bond acceptors (Lipinski definition) is 8. The number of carbonyl (C=O) groups excluding carboxylic acids is 1. The van der Waals surface area contributed by atoms with Crippen molar-refractivity contribution in [2.45, 2.75) is 38.1 Å². The van der Waals surface area contributed by atoms with Crippen molar-refractivity contribution in [2.75, 3.05) is 37.6 Å². The summed E-state index contributed by atoms with van der Waals surface area (Å²) in [4.78, 5) is 14.2. The lowest BCUT2D eigenvalue weighted by Crippen LogP contribution is -2.46. The average Bonchev–Trinajstić information content (AvgIpc) is 3.17. The molecule has 2 heterocycles. The minimum absolute atomic E-state index is 0.00951. The standard InChI is InChI=1S/C22H30N6O3S2/c1-15(2)14-19(21(24)29)28(11-8-23)22-20(16(3)26-32-22)17-4-6-18(7-5-17)33(30,31)27-12-9-25-10-13-27/h4-7,15,19,25H,9-14H2,1-3H3,(H2,24,29)/t19-/m0/s1. The van der Waals surface area contributed by atoms with Gasteiger partial charge in [-0.1, -0.05) is 26.0 Å². The van der Waals surface area contributed by atoms with Crippen LogP contribution in [0.1, 0.15) is 26.0 Å². The number of primary amides is 1. The Hall–Kier alpha value is -2.52. The first-order valence-corrected chi connectivity index (χ1v) is 13.1. The molecule has 1 saturated heterocycles. The number of piperazine rings is 1. The van der Waals surface area contributed by atoms with Gasteiger partial charge in [0.15, 0.2) is 0 Å². The van der Waals surface area contributed by atoms with E-state index in [9.17, 15) is 18.5 Å². The summed E-state index contributed by atoms with van der Waals surface area (Å²) in [6.45, 7) is 7.98. The minimum atomic E-state index is -3.57. The van der Waals surface area contributed by atoms with Crippen molar-refractivity contribution in [3.63, 3.8) is 0 Å². The normalized spacial score (nSPS) is 15.8. The summed E-state index contributed by atoms with van der Waals surface area (Å²) >= 11 is 1.21. The maximum atomic E-state index is 13.0. The number of aromatic nitrogens is 1. The Morgan fingerprint density at radius 3 is 2.48 bits per heavy atom. The Labute approximate surface area is 199 Å². The molecule has 3 rings (SSSR count). The molecule has 2 aromatic rings. The van der Waals surface area contributed by atoms with Crippen molar-refractivity contribution in [1.29, 1.82) is 5.26 Å². The molecular formula is C22H30N6O3S2. The molecule has 0 unspecified atom stereocenters. The first-order valence-electron chi connectivity index (χ1n) is 10.9. The van der Waals surface area contributed by atoms with Crippen molar-refractivity contribution in [2.24, 2.45) is 11.7 Å². The molecule has 1 amide bonds. The Morgan fingerprint density at radius 1 is 1.30 bits per heavy atom. The van der Waals surface area contributed by atoms with Gasteiger partial charge in [0.2, 0.25) is 15.9 Å². The highest BCUT2D eigenvalue weighted by atomic mass is 32.2. The average molecular weight is 491 g/mol. The maximum Gasteiger partial charge on any atom is 0.243 e. The van der Waals surface area contributed by atoms with Crippen molar-refractivity contribution >= 4 is 32.5 Å². The van der Waals surface area contributed by atoms with E-state index < -0.39 is 22.0 Å². The largest absolute Gasteiger partial charge is 0.368 e. The molecule has 1 aromatic heterocycles. The van der Waals surface area contributed by atoms with Crippen molar-refractivity contribution < 1.29 is 13.2 Å². The van der Waals surface area contributed by atoms with Gasteiger partial charge in [-0.05, 0) is 48.5 Å². The van der Waals surface area contributed by atoms with Crippen molar-refractivity contribution in [3.8, 4) is 17.2 Å². The number of aryl methyl sites for hydroxylation is 1. The number of rotatable bonds is 9. The monoisotopic (exact) mass is 490 g/mol. The second-order valence-corrected chi connectivity index (χ2v) is 11.2. The van der Waals surface area contributed by atoms with E-state index in [0.29, 0.717) is 37.6 Å². The topological polar surface area (TPSA) is 132 Å². The van der Waals surface area contributed by atoms with Gasteiger partial charge in [0.1, 0.15) is 17.6 Å². The van der Waals surface area contributed by atoms with Gasteiger partial charge in [-0.15, -0.1) is 0 Å². The molecule has 1 fully saturated rings. The van der Waals surface area contributed by atoms with Crippen LogP contribution in [-0.2, 0) is 14.8 Å². The zero-order valence-corrected chi connectivity index (χ0v) is 20.7. The van der Waals surface area contributed by atoms with Gasteiger partial charge in [-0.25, -0.2) is 8.42 Å². The third-order valence-electron chi connectivity index (χ3n) is 5.60. The molecule has 178 valence electrons. The molecule has 0 saturated carbocycles. The summed E-state index contributed by atoms with van der Waals surface area (Å²) < 4.78 is 31.9. The van der Waals surface area contributed by atoms with Gasteiger partial charge >= 0.3 is 0 Å². The summed E-state index contributed by atoms with van der Waals surface area (Å²) in [5.41, 5.74) is 7.99. The van der Waals surface area contributed by atoms with Crippen molar-refractivity contribution in [1.82, 2.24) is 14.0 Å². The molecule has 0 aliphatic carbocycles. The van der Waals surface area contributed by atoms with Crippen LogP contribution in [0.4, 0.5) is 5.00 Å². The summed E-state index contributed by atoms with van der Waals surface area (Å²) in [5, 5.41) is 13.3. The predicted octanol–water partition coefficient (Wildman–Crippen LogP) is 1.94. The van der Waals surface area contributed by atoms with Crippen LogP contribution in [-0.4, -0.2) is 61.8 Å². The molecule has 3 N–H and O–H groups in total. The molecule has 0 bridgehead atoms. The zero-order chi connectivity index (χ0) is 24.2. The van der Waals surface area contributed by atoms with E-state index in [4.69, 9.17) is 5.73 Å². The summed E-state index contributed by atoms with van der Waals surface area (Å²) in [5.74, 6) is -0.288. The molecule has 0 spiro atoms. The third-order valence-corrected chi connectivity index (χ3v) is 8.49. The third kappa shape index (κ3) is 5.52. The van der Waals surface area contributed by atoms with E-state index in [2.05, 4.69) is 15.8 Å². The second kappa shape index (κ2) is 10.6. The summed E-state index contributed by atoms with van der Waals surface area (Å²) in [7, 11) is -3.57. The number of carbonyl (C=O) groups is 1. The molecule has 1 atom stereocenters. The number of nitriles is 1. The lowest BCUT2D eigenvalue weighted by atomic mass is 10.0. The Balaban J connectivity index is 1.98. The molecule has 9 nitrogen and oxygen atoms in total. The van der Waals surface area contributed by atoms with Crippen LogP contribution >= 0.6 is 11.5 Å². The van der Waals surface area contributed by atoms with Gasteiger partial charge in [0, 0.05) is 31.7 Å². The maximum absolute atomic E-state index is 13.0. The molecular weight excluding hydrogens is 460 g/mol. The van der Waals surface area contributed by atoms with Crippen LogP contribution in [0.15, 0.2) is 29.2 Å². The van der Waals surface area contributed by atoms with Crippen LogP contribution in [0.2, 0.25) is 0 Å².